The van der Waals surface area contributed by atoms with Crippen LogP contribution >= 0.6 is 0 Å². The first kappa shape index (κ1) is 12.9. The number of nitrogens with one attached hydrogen (secondary N) is 1. The predicted octanol–water partition coefficient (Wildman–Crippen LogP) is 2.73. The van der Waals surface area contributed by atoms with Crippen LogP contribution in [-0.4, -0.2) is 12.1 Å². The van der Waals surface area contributed by atoms with Gasteiger partial charge in [-0.15, -0.1) is 0 Å². The summed E-state index contributed by atoms with van der Waals surface area (Å²) in [6, 6.07) is 12.2. The third-order valence-electron chi connectivity index (χ3n) is 2.39. The lowest BCUT2D eigenvalue weighted by molar-refractivity contribution is 0.0955. The summed E-state index contributed by atoms with van der Waals surface area (Å²) in [5.74, 6) is -2.38. The van der Waals surface area contributed by atoms with Crippen LogP contribution in [0.3, 0.4) is 0 Å². The number of carbonyl (C=O) groups is 1. The summed E-state index contributed by atoms with van der Waals surface area (Å²) in [4.78, 5) is 11.6. The molecular formula is C14H10F2N2O. The molecule has 0 bridgehead atoms. The van der Waals surface area contributed by atoms with E-state index in [2.05, 4.69) is 10.5 Å². The van der Waals surface area contributed by atoms with Gasteiger partial charge >= 0.3 is 0 Å². The van der Waals surface area contributed by atoms with Gasteiger partial charge in [-0.2, -0.15) is 5.10 Å². The van der Waals surface area contributed by atoms with Crippen LogP contribution in [0.1, 0.15) is 15.9 Å². The van der Waals surface area contributed by atoms with Crippen LogP contribution in [0.5, 0.6) is 0 Å². The van der Waals surface area contributed by atoms with E-state index in [-0.39, 0.29) is 5.56 Å². The van der Waals surface area contributed by atoms with Gasteiger partial charge in [-0.25, -0.2) is 14.2 Å². The van der Waals surface area contributed by atoms with E-state index in [9.17, 15) is 13.6 Å². The number of nitrogens with zero attached hydrogens (tertiary/aromatic N) is 1. The predicted molar refractivity (Wildman–Crippen MR) is 67.9 cm³/mol. The molecule has 0 aliphatic rings. The van der Waals surface area contributed by atoms with Crippen molar-refractivity contribution < 1.29 is 13.6 Å². The van der Waals surface area contributed by atoms with E-state index in [0.29, 0.717) is 5.56 Å². The van der Waals surface area contributed by atoms with Gasteiger partial charge in [0.15, 0.2) is 11.6 Å². The van der Waals surface area contributed by atoms with E-state index in [1.807, 2.05) is 0 Å². The normalized spacial score (nSPS) is 10.6. The summed E-state index contributed by atoms with van der Waals surface area (Å²) in [5, 5.41) is 3.59. The first-order valence-electron chi connectivity index (χ1n) is 5.51. The van der Waals surface area contributed by atoms with Gasteiger partial charge in [0.25, 0.3) is 5.91 Å². The zero-order valence-corrected chi connectivity index (χ0v) is 9.81. The third kappa shape index (κ3) is 3.22. The van der Waals surface area contributed by atoms with E-state index in [0.717, 1.165) is 12.3 Å². The van der Waals surface area contributed by atoms with Gasteiger partial charge in [0.05, 0.1) is 6.21 Å². The first-order chi connectivity index (χ1) is 9.18. The number of benzene rings is 2. The first-order valence-corrected chi connectivity index (χ1v) is 5.51. The molecule has 0 fully saturated rings. The highest BCUT2D eigenvalue weighted by molar-refractivity contribution is 5.94. The Bertz CT molecular complexity index is 612. The minimum atomic E-state index is -1.000. The molecule has 5 heteroatoms. The lowest BCUT2D eigenvalue weighted by Gasteiger charge is -1.99. The lowest BCUT2D eigenvalue weighted by atomic mass is 10.2. The summed E-state index contributed by atoms with van der Waals surface area (Å²) in [5.41, 5.74) is 2.63. The fourth-order valence-electron chi connectivity index (χ4n) is 1.43. The molecule has 0 radical (unpaired) electrons. The Labute approximate surface area is 108 Å². The molecule has 0 unspecified atom stereocenters. The van der Waals surface area contributed by atoms with Crippen molar-refractivity contribution in [3.8, 4) is 0 Å². The molecule has 0 atom stereocenters. The van der Waals surface area contributed by atoms with Gasteiger partial charge in [0, 0.05) is 11.1 Å². The van der Waals surface area contributed by atoms with E-state index in [4.69, 9.17) is 0 Å². The number of amides is 1. The van der Waals surface area contributed by atoms with Crippen molar-refractivity contribution in [1.29, 1.82) is 0 Å². The van der Waals surface area contributed by atoms with E-state index in [1.54, 1.807) is 30.3 Å². The van der Waals surface area contributed by atoms with Crippen molar-refractivity contribution in [2.45, 2.75) is 0 Å². The van der Waals surface area contributed by atoms with E-state index in [1.165, 1.54) is 12.1 Å². The Balaban J connectivity index is 2.05. The van der Waals surface area contributed by atoms with Crippen LogP contribution in [-0.2, 0) is 0 Å². The smallest absolute Gasteiger partial charge is 0.267 e. The molecule has 0 heterocycles. The molecule has 1 amide bonds. The Kier molecular flexibility index (Phi) is 3.97. The number of halogens is 2. The molecule has 0 aromatic heterocycles. The summed E-state index contributed by atoms with van der Waals surface area (Å²) < 4.78 is 26.2. The molecule has 2 aromatic rings. The molecule has 0 spiro atoms. The molecule has 3 nitrogen and oxygen atoms in total. The average molecular weight is 260 g/mol. The maximum atomic E-state index is 13.3. The Hall–Kier alpha value is -2.56. The van der Waals surface area contributed by atoms with Gasteiger partial charge < -0.3 is 0 Å². The number of rotatable bonds is 3. The van der Waals surface area contributed by atoms with Crippen molar-refractivity contribution in [3.05, 3.63) is 71.3 Å². The third-order valence-corrected chi connectivity index (χ3v) is 2.39. The second-order valence-corrected chi connectivity index (χ2v) is 3.71. The van der Waals surface area contributed by atoms with Gasteiger partial charge in [0.2, 0.25) is 0 Å². The lowest BCUT2D eigenvalue weighted by Crippen LogP contribution is -2.17. The van der Waals surface area contributed by atoms with Gasteiger partial charge in [-0.1, -0.05) is 30.3 Å². The fourth-order valence-corrected chi connectivity index (χ4v) is 1.43. The zero-order valence-electron chi connectivity index (χ0n) is 9.81. The molecule has 0 aliphatic heterocycles. The van der Waals surface area contributed by atoms with Crippen LogP contribution in [0.4, 0.5) is 8.78 Å². The molecule has 0 aliphatic carbocycles. The number of carbonyl (C=O) groups excluding carboxylic acids is 1. The van der Waals surface area contributed by atoms with Crippen LogP contribution in [0.2, 0.25) is 0 Å². The number of hydrogen-bond acceptors (Lipinski definition) is 2. The second-order valence-electron chi connectivity index (χ2n) is 3.71. The molecule has 0 saturated heterocycles. The maximum absolute atomic E-state index is 13.3. The number of hydrogen-bond donors (Lipinski definition) is 1. The summed E-state index contributed by atoms with van der Waals surface area (Å²) in [6.07, 6.45) is 1.05. The minimum absolute atomic E-state index is 0.0339. The topological polar surface area (TPSA) is 41.5 Å². The van der Waals surface area contributed by atoms with Crippen molar-refractivity contribution in [2.75, 3.05) is 0 Å². The van der Waals surface area contributed by atoms with Crippen LogP contribution in [0, 0.1) is 11.6 Å². The summed E-state index contributed by atoms with van der Waals surface area (Å²) in [6.45, 7) is 0. The van der Waals surface area contributed by atoms with Crippen molar-refractivity contribution >= 4 is 12.1 Å². The van der Waals surface area contributed by atoms with Crippen molar-refractivity contribution in [2.24, 2.45) is 5.10 Å². The van der Waals surface area contributed by atoms with Gasteiger partial charge in [-0.3, -0.25) is 4.79 Å². The highest BCUT2D eigenvalue weighted by atomic mass is 19.2. The van der Waals surface area contributed by atoms with Crippen LogP contribution in [0.25, 0.3) is 0 Å². The standard InChI is InChI=1S/C14H10F2N2O/c15-12-8-4-7-11(13(12)16)9-17-18-14(19)10-5-2-1-3-6-10/h1-9H,(H,18,19). The Morgan fingerprint density at radius 3 is 2.53 bits per heavy atom. The second kappa shape index (κ2) is 5.86. The highest BCUT2D eigenvalue weighted by Gasteiger charge is 2.05. The molecule has 2 rings (SSSR count). The zero-order chi connectivity index (χ0) is 13.7. The van der Waals surface area contributed by atoms with E-state index < -0.39 is 17.5 Å². The average Bonchev–Trinajstić information content (AvgIpc) is 2.44. The number of hydrazone groups is 1. The van der Waals surface area contributed by atoms with Crippen LogP contribution in [0.15, 0.2) is 53.6 Å². The van der Waals surface area contributed by atoms with E-state index >= 15 is 0 Å². The SMILES string of the molecule is O=C(NN=Cc1cccc(F)c1F)c1ccccc1. The van der Waals surface area contributed by atoms with Crippen molar-refractivity contribution in [1.82, 2.24) is 5.43 Å². The molecule has 96 valence electrons. The minimum Gasteiger partial charge on any atom is -0.267 e. The van der Waals surface area contributed by atoms with Crippen molar-refractivity contribution in [3.63, 3.8) is 0 Å². The highest BCUT2D eigenvalue weighted by Crippen LogP contribution is 2.08. The largest absolute Gasteiger partial charge is 0.271 e. The summed E-state index contributed by atoms with van der Waals surface area (Å²) >= 11 is 0. The molecule has 19 heavy (non-hydrogen) atoms. The van der Waals surface area contributed by atoms with Gasteiger partial charge in [-0.05, 0) is 18.2 Å². The van der Waals surface area contributed by atoms with Crippen LogP contribution < -0.4 is 5.43 Å². The fraction of sp³-hybridized carbons (Fsp3) is 0. The summed E-state index contributed by atoms with van der Waals surface area (Å²) in [7, 11) is 0. The molecular weight excluding hydrogens is 250 g/mol. The molecule has 0 saturated carbocycles. The monoisotopic (exact) mass is 260 g/mol. The quantitative estimate of drug-likeness (QED) is 0.669. The van der Waals surface area contributed by atoms with Gasteiger partial charge in [0.1, 0.15) is 0 Å². The molecule has 1 N–H and O–H groups in total. The maximum Gasteiger partial charge on any atom is 0.271 e. The Morgan fingerprint density at radius 1 is 1.05 bits per heavy atom. The molecule has 2 aromatic carbocycles. The Morgan fingerprint density at radius 2 is 1.79 bits per heavy atom.